The first-order chi connectivity index (χ1) is 46.2. The van der Waals surface area contributed by atoms with Crippen molar-refractivity contribution in [2.75, 3.05) is 0 Å². The van der Waals surface area contributed by atoms with Crippen LogP contribution < -0.4 is 47.7 Å². The number of hydrogen-bond donors (Lipinski definition) is 0. The van der Waals surface area contributed by atoms with Gasteiger partial charge >= 0.3 is 0 Å². The fourth-order valence-electron chi connectivity index (χ4n) is 14.2. The standard InChI is InChI=1S/2C29H26BrOP.C29H27OP/c1-21-18-23-13-16-24(21)15-12-22-14-17-27(28(30)19-23)29(20-22)32(31,25-8-4-2-5-9-25)26-10-6-3-7-11-26;1-21-18-22-12-14-23-16-17-25(28(30)19-24(21)15-13-22)20-29(23)32(31,26-8-4-2-5-9-26)27-10-6-3-7-11-27;1-22-20-23-12-16-25(22)17-13-24-15-19-26(18-14-23)29(21-24)31(30,27-8-4-2-5-9-27)28-10-6-3-7-11-28/h2-11,13-14,16-18,20,28H,12,15,19H2,1H3;2-11,13,15-18,20,28H,12,14,19H2,1H3;2-12,15-16,19-21H,13-14,17-18H2,1H3. The van der Waals surface area contributed by atoms with E-state index >= 15 is 13.7 Å². The number of aryl methyl sites for hydroxylation is 11. The Hall–Kier alpha value is -7.71. The summed E-state index contributed by atoms with van der Waals surface area (Å²) in [5, 5.41) is 8.31. The fourth-order valence-corrected chi connectivity index (χ4v) is 24.7. The van der Waals surface area contributed by atoms with Crippen molar-refractivity contribution >= 4 is 101 Å². The third-order valence-corrected chi connectivity index (χ3v) is 30.6. The summed E-state index contributed by atoms with van der Waals surface area (Å²) < 4.78 is 45.3. The second kappa shape index (κ2) is 29.3. The number of hydrogen-bond acceptors (Lipinski definition) is 3. The molecule has 0 spiro atoms. The molecule has 0 saturated carbocycles. The Kier molecular flexibility index (Phi) is 20.4. The van der Waals surface area contributed by atoms with E-state index in [1.165, 1.54) is 77.9 Å². The predicted octanol–water partition coefficient (Wildman–Crippen LogP) is 18.3. The van der Waals surface area contributed by atoms with Crippen molar-refractivity contribution in [3.05, 3.63) is 375 Å². The summed E-state index contributed by atoms with van der Waals surface area (Å²) in [4.78, 5) is 0.247. The van der Waals surface area contributed by atoms with Crippen LogP contribution in [0.15, 0.2) is 291 Å². The number of halogens is 2. The molecule has 0 heterocycles. The van der Waals surface area contributed by atoms with E-state index in [2.05, 4.69) is 162 Å². The lowest BCUT2D eigenvalue weighted by Gasteiger charge is -2.26. The first-order valence-electron chi connectivity index (χ1n) is 33.3. The van der Waals surface area contributed by atoms with E-state index in [1.807, 2.05) is 182 Å². The van der Waals surface area contributed by atoms with Crippen LogP contribution in [-0.2, 0) is 77.9 Å². The number of alkyl halides is 2. The quantitative estimate of drug-likeness (QED) is 0.107. The van der Waals surface area contributed by atoms with E-state index < -0.39 is 21.4 Å². The third-order valence-electron chi connectivity index (χ3n) is 19.6. The van der Waals surface area contributed by atoms with Crippen LogP contribution in [0.1, 0.15) is 93.1 Å². The van der Waals surface area contributed by atoms with Gasteiger partial charge in [0.2, 0.25) is 0 Å². The molecule has 0 fully saturated rings. The first-order valence-corrected chi connectivity index (χ1v) is 40.3. The Balaban J connectivity index is 0.000000129. The molecule has 8 heteroatoms. The van der Waals surface area contributed by atoms with Crippen LogP contribution in [0.25, 0.3) is 0 Å². The van der Waals surface area contributed by atoms with Crippen molar-refractivity contribution < 1.29 is 13.7 Å². The Morgan fingerprint density at radius 1 is 0.263 bits per heavy atom. The summed E-state index contributed by atoms with van der Waals surface area (Å²) in [5.74, 6) is 0. The molecule has 474 valence electrons. The van der Waals surface area contributed by atoms with E-state index in [1.54, 1.807) is 0 Å². The van der Waals surface area contributed by atoms with Crippen molar-refractivity contribution in [3.63, 3.8) is 0 Å². The van der Waals surface area contributed by atoms with Gasteiger partial charge < -0.3 is 13.7 Å². The third kappa shape index (κ3) is 14.1. The van der Waals surface area contributed by atoms with Gasteiger partial charge in [-0.1, -0.05) is 305 Å². The summed E-state index contributed by atoms with van der Waals surface area (Å²) in [5.41, 5.74) is 19.4. The van der Waals surface area contributed by atoms with Crippen molar-refractivity contribution in [2.24, 2.45) is 0 Å². The minimum absolute atomic E-state index is 0.0805. The van der Waals surface area contributed by atoms with Crippen LogP contribution in [0.3, 0.4) is 0 Å². The highest BCUT2D eigenvalue weighted by Crippen LogP contribution is 2.48. The summed E-state index contributed by atoms with van der Waals surface area (Å²) in [7, 11) is -9.04. The molecule has 3 nitrogen and oxygen atoms in total. The van der Waals surface area contributed by atoms with Crippen LogP contribution >= 0.6 is 53.3 Å². The van der Waals surface area contributed by atoms with Gasteiger partial charge in [0, 0.05) is 57.4 Å². The highest BCUT2D eigenvalue weighted by Gasteiger charge is 2.36. The predicted molar refractivity (Wildman–Crippen MR) is 411 cm³/mol. The minimum Gasteiger partial charge on any atom is -0.309 e. The SMILES string of the molecule is Cc1cc2ccc1CC(Br)c1ccc(c(P(=O)(c3ccccc3)c3ccccc3)c1)CC2.Cc1cc2ccc1CCc1ccc(c(P(=O)(c3ccccc3)c3ccccc3)c1)C(Br)C2.Cc1cc2ccc1CCc1ccc(c(P(=O)(c3ccccc3)c3ccccc3)c1)CC2. The van der Waals surface area contributed by atoms with Crippen molar-refractivity contribution in [2.45, 2.75) is 94.6 Å². The molecule has 0 N–H and O–H groups in total. The molecule has 0 radical (unpaired) electrons. The first kappa shape index (κ1) is 65.9. The normalized spacial score (nSPS) is 15.1. The molecule has 12 aromatic rings. The monoisotopic (exact) mass is 1420 g/mol. The smallest absolute Gasteiger partial charge is 0.171 e. The molecule has 12 aliphatic rings. The maximum absolute atomic E-state index is 15.1. The molecule has 2 atom stereocenters. The van der Waals surface area contributed by atoms with Crippen LogP contribution in [0.5, 0.6) is 0 Å². The highest BCUT2D eigenvalue weighted by molar-refractivity contribution is 9.09. The van der Waals surface area contributed by atoms with Gasteiger partial charge in [-0.2, -0.15) is 0 Å². The minimum atomic E-state index is -3.04. The fraction of sp³-hybridized carbons (Fsp3) is 0.172. The van der Waals surface area contributed by atoms with Gasteiger partial charge in [-0.15, -0.1) is 0 Å². The molecular weight excluding hydrogens is 1350 g/mol. The maximum Gasteiger partial charge on any atom is 0.171 e. The van der Waals surface area contributed by atoms with Gasteiger partial charge in [-0.3, -0.25) is 0 Å². The molecule has 0 amide bonds. The van der Waals surface area contributed by atoms with Crippen molar-refractivity contribution in [1.82, 2.24) is 0 Å². The van der Waals surface area contributed by atoms with E-state index in [0.29, 0.717) is 0 Å². The highest BCUT2D eigenvalue weighted by atomic mass is 79.9. The van der Waals surface area contributed by atoms with Gasteiger partial charge in [-0.05, 0) is 187 Å². The van der Waals surface area contributed by atoms with Crippen LogP contribution in [0.2, 0.25) is 0 Å². The molecule has 0 saturated heterocycles. The topological polar surface area (TPSA) is 51.2 Å². The molecule has 2 unspecified atom stereocenters. The molecule has 24 rings (SSSR count). The Bertz CT molecular complexity index is 4700. The van der Waals surface area contributed by atoms with E-state index in [0.717, 1.165) is 118 Å². The van der Waals surface area contributed by atoms with Crippen molar-refractivity contribution in [1.29, 1.82) is 0 Å². The van der Waals surface area contributed by atoms with Crippen molar-refractivity contribution in [3.8, 4) is 0 Å². The lowest BCUT2D eigenvalue weighted by atomic mass is 9.94. The van der Waals surface area contributed by atoms with E-state index in [9.17, 15) is 0 Å². The molecular formula is C87H79Br2O3P3. The molecule has 95 heavy (non-hydrogen) atoms. The number of benzene rings is 12. The molecule has 12 aliphatic carbocycles. The largest absolute Gasteiger partial charge is 0.309 e. The Morgan fingerprint density at radius 3 is 0.958 bits per heavy atom. The van der Waals surface area contributed by atoms with Gasteiger partial charge in [-0.25, -0.2) is 0 Å². The molecule has 0 aliphatic heterocycles. The van der Waals surface area contributed by atoms with E-state index in [4.69, 9.17) is 0 Å². The number of rotatable bonds is 9. The van der Waals surface area contributed by atoms with Gasteiger partial charge in [0.15, 0.2) is 21.4 Å². The Morgan fingerprint density at radius 2 is 0.558 bits per heavy atom. The molecule has 12 aromatic carbocycles. The zero-order chi connectivity index (χ0) is 65.5. The second-order valence-corrected chi connectivity index (χ2v) is 36.1. The van der Waals surface area contributed by atoms with Crippen LogP contribution in [0.4, 0.5) is 0 Å². The van der Waals surface area contributed by atoms with Gasteiger partial charge in [0.05, 0.1) is 0 Å². The van der Waals surface area contributed by atoms with Gasteiger partial charge in [0.25, 0.3) is 0 Å². The second-order valence-electron chi connectivity index (χ2n) is 25.7. The van der Waals surface area contributed by atoms with Crippen LogP contribution in [-0.4, -0.2) is 0 Å². The lowest BCUT2D eigenvalue weighted by Crippen LogP contribution is -2.28. The van der Waals surface area contributed by atoms with Crippen LogP contribution in [0, 0.1) is 20.8 Å². The zero-order valence-electron chi connectivity index (χ0n) is 54.3. The summed E-state index contributed by atoms with van der Waals surface area (Å²) in [6.45, 7) is 6.63. The average molecular weight is 1430 g/mol. The summed E-state index contributed by atoms with van der Waals surface area (Å²) >= 11 is 7.92. The zero-order valence-corrected chi connectivity index (χ0v) is 60.1. The van der Waals surface area contributed by atoms with Gasteiger partial charge in [0.1, 0.15) is 0 Å². The molecule has 0 aromatic heterocycles. The van der Waals surface area contributed by atoms with E-state index in [-0.39, 0.29) is 9.65 Å². The molecule has 12 bridgehead atoms. The maximum atomic E-state index is 15.1. The Labute approximate surface area is 579 Å². The summed E-state index contributed by atoms with van der Waals surface area (Å²) in [6, 6.07) is 101. The average Bonchev–Trinajstić information content (AvgIpc) is 0.802. The summed E-state index contributed by atoms with van der Waals surface area (Å²) in [6.07, 6.45) is 9.30. The lowest BCUT2D eigenvalue weighted by molar-refractivity contribution is 0.591.